The molecule has 2 heterocycles. The van der Waals surface area contributed by atoms with Gasteiger partial charge in [-0.05, 0) is 55.6 Å². The lowest BCUT2D eigenvalue weighted by Crippen LogP contribution is -2.44. The molecule has 0 fully saturated rings. The summed E-state index contributed by atoms with van der Waals surface area (Å²) in [5, 5.41) is 3.64. The van der Waals surface area contributed by atoms with Gasteiger partial charge in [-0.25, -0.2) is 4.39 Å². The smallest absolute Gasteiger partial charge is 0.141 e. The summed E-state index contributed by atoms with van der Waals surface area (Å²) in [6.07, 6.45) is 4.43. The Hall–Kier alpha value is -1.82. The highest BCUT2D eigenvalue weighted by molar-refractivity contribution is 5.30. The second-order valence-corrected chi connectivity index (χ2v) is 6.75. The number of benzene rings is 1. The minimum atomic E-state index is -0.288. The number of halogens is 1. The van der Waals surface area contributed by atoms with E-state index < -0.39 is 0 Å². The van der Waals surface area contributed by atoms with E-state index in [4.69, 9.17) is 5.73 Å². The van der Waals surface area contributed by atoms with E-state index in [0.717, 1.165) is 57.7 Å². The first-order valence-corrected chi connectivity index (χ1v) is 9.07. The highest BCUT2D eigenvalue weighted by atomic mass is 19.1. The molecule has 3 N–H and O–H groups in total. The van der Waals surface area contributed by atoms with Gasteiger partial charge >= 0.3 is 0 Å². The molecule has 0 bridgehead atoms. The number of unbranched alkanes of at least 4 members (excludes halogenated alkanes) is 1. The zero-order valence-electron chi connectivity index (χ0n) is 14.6. The third-order valence-corrected chi connectivity index (χ3v) is 4.75. The molecule has 0 saturated heterocycles. The summed E-state index contributed by atoms with van der Waals surface area (Å²) in [4.78, 5) is 6.62. The van der Waals surface area contributed by atoms with Crippen LogP contribution in [0.25, 0.3) is 0 Å². The fourth-order valence-electron chi connectivity index (χ4n) is 3.41. The number of nitrogens with two attached hydrogens (primary N) is 1. The Bertz CT molecular complexity index is 659. The van der Waals surface area contributed by atoms with E-state index in [2.05, 4.69) is 39.5 Å². The molecular formula is C20H27FN4. The predicted molar refractivity (Wildman–Crippen MR) is 98.5 cm³/mol. The van der Waals surface area contributed by atoms with Crippen LogP contribution in [-0.4, -0.2) is 35.6 Å². The molecule has 0 saturated carbocycles. The van der Waals surface area contributed by atoms with Crippen molar-refractivity contribution in [1.29, 1.82) is 0 Å². The van der Waals surface area contributed by atoms with Crippen molar-refractivity contribution in [2.24, 2.45) is 5.73 Å². The van der Waals surface area contributed by atoms with Gasteiger partial charge in [-0.1, -0.05) is 24.3 Å². The normalized spacial score (nSPS) is 16.8. The Morgan fingerprint density at radius 2 is 2.00 bits per heavy atom. The molecule has 25 heavy (non-hydrogen) atoms. The first-order valence-electron chi connectivity index (χ1n) is 9.07. The van der Waals surface area contributed by atoms with E-state index in [-0.39, 0.29) is 5.82 Å². The summed E-state index contributed by atoms with van der Waals surface area (Å²) in [6, 6.07) is 12.3. The van der Waals surface area contributed by atoms with Gasteiger partial charge in [-0.15, -0.1) is 0 Å². The SMILES string of the molecule is NCCCCN(Cc1ccc(F)cn1)CC1Cc2ccccc2CN1. The number of aromatic nitrogens is 1. The molecule has 1 aliphatic heterocycles. The Labute approximate surface area is 149 Å². The standard InChI is InChI=1S/C20H27FN4/c21-18-7-8-19(24-13-18)14-25(10-4-3-9-22)15-20-11-16-5-1-2-6-17(16)12-23-20/h1-2,5-8,13,20,23H,3-4,9-12,14-15,22H2. The van der Waals surface area contributed by atoms with Gasteiger partial charge in [0, 0.05) is 25.7 Å². The number of fused-ring (bicyclic) bond motifs is 1. The van der Waals surface area contributed by atoms with Crippen molar-refractivity contribution in [3.8, 4) is 0 Å². The summed E-state index contributed by atoms with van der Waals surface area (Å²) in [5.41, 5.74) is 9.38. The molecule has 134 valence electrons. The molecule has 0 amide bonds. The Kier molecular flexibility index (Phi) is 6.50. The van der Waals surface area contributed by atoms with Crippen molar-refractivity contribution >= 4 is 0 Å². The van der Waals surface area contributed by atoms with Crippen LogP contribution in [0.5, 0.6) is 0 Å². The summed E-state index contributed by atoms with van der Waals surface area (Å²) in [7, 11) is 0. The lowest BCUT2D eigenvalue weighted by atomic mass is 9.95. The average Bonchev–Trinajstić information content (AvgIpc) is 2.63. The Morgan fingerprint density at radius 3 is 2.76 bits per heavy atom. The van der Waals surface area contributed by atoms with Crippen LogP contribution in [0.15, 0.2) is 42.6 Å². The van der Waals surface area contributed by atoms with E-state index >= 15 is 0 Å². The van der Waals surface area contributed by atoms with E-state index in [1.54, 1.807) is 6.07 Å². The van der Waals surface area contributed by atoms with Crippen LogP contribution >= 0.6 is 0 Å². The van der Waals surface area contributed by atoms with Crippen molar-refractivity contribution in [2.75, 3.05) is 19.6 Å². The molecule has 0 aliphatic carbocycles. The van der Waals surface area contributed by atoms with E-state index in [1.165, 1.54) is 23.4 Å². The van der Waals surface area contributed by atoms with Crippen LogP contribution in [0.1, 0.15) is 29.7 Å². The minimum absolute atomic E-state index is 0.288. The van der Waals surface area contributed by atoms with Gasteiger partial charge in [0.2, 0.25) is 0 Å². The van der Waals surface area contributed by atoms with Crippen LogP contribution < -0.4 is 11.1 Å². The summed E-state index contributed by atoms with van der Waals surface area (Å²) in [5.74, 6) is -0.288. The zero-order chi connectivity index (χ0) is 17.5. The lowest BCUT2D eigenvalue weighted by Gasteiger charge is -2.31. The maximum absolute atomic E-state index is 13.1. The molecule has 1 aliphatic rings. The first-order chi connectivity index (χ1) is 12.2. The number of nitrogens with zero attached hydrogens (tertiary/aromatic N) is 2. The molecule has 1 unspecified atom stereocenters. The van der Waals surface area contributed by atoms with Gasteiger partial charge in [0.1, 0.15) is 5.82 Å². The molecule has 1 aromatic heterocycles. The van der Waals surface area contributed by atoms with Crippen LogP contribution in [-0.2, 0) is 19.5 Å². The fraction of sp³-hybridized carbons (Fsp3) is 0.450. The quantitative estimate of drug-likeness (QED) is 0.724. The third kappa shape index (κ3) is 5.33. The number of pyridine rings is 1. The van der Waals surface area contributed by atoms with Gasteiger partial charge in [-0.2, -0.15) is 0 Å². The van der Waals surface area contributed by atoms with E-state index in [0.29, 0.717) is 6.04 Å². The number of rotatable bonds is 8. The predicted octanol–water partition coefficient (Wildman–Crippen LogP) is 2.48. The van der Waals surface area contributed by atoms with E-state index in [9.17, 15) is 4.39 Å². The van der Waals surface area contributed by atoms with Gasteiger partial charge in [0.15, 0.2) is 0 Å². The van der Waals surface area contributed by atoms with Crippen LogP contribution in [0, 0.1) is 5.82 Å². The third-order valence-electron chi connectivity index (χ3n) is 4.75. The molecule has 0 spiro atoms. The average molecular weight is 342 g/mol. The molecular weight excluding hydrogens is 315 g/mol. The number of hydrogen-bond donors (Lipinski definition) is 2. The van der Waals surface area contributed by atoms with Crippen LogP contribution in [0.3, 0.4) is 0 Å². The maximum Gasteiger partial charge on any atom is 0.141 e. The van der Waals surface area contributed by atoms with Crippen molar-refractivity contribution in [1.82, 2.24) is 15.2 Å². The Balaban J connectivity index is 1.62. The Morgan fingerprint density at radius 1 is 1.16 bits per heavy atom. The van der Waals surface area contributed by atoms with E-state index in [1.807, 2.05) is 0 Å². The monoisotopic (exact) mass is 342 g/mol. The topological polar surface area (TPSA) is 54.2 Å². The minimum Gasteiger partial charge on any atom is -0.330 e. The molecule has 4 nitrogen and oxygen atoms in total. The lowest BCUT2D eigenvalue weighted by molar-refractivity contribution is 0.222. The fourth-order valence-corrected chi connectivity index (χ4v) is 3.41. The highest BCUT2D eigenvalue weighted by Gasteiger charge is 2.20. The van der Waals surface area contributed by atoms with Gasteiger partial charge < -0.3 is 11.1 Å². The molecule has 1 aromatic carbocycles. The summed E-state index contributed by atoms with van der Waals surface area (Å²) < 4.78 is 13.1. The van der Waals surface area contributed by atoms with Gasteiger partial charge in [0.25, 0.3) is 0 Å². The van der Waals surface area contributed by atoms with Crippen molar-refractivity contribution in [3.05, 3.63) is 65.2 Å². The van der Waals surface area contributed by atoms with Crippen LogP contribution in [0.2, 0.25) is 0 Å². The molecule has 1 atom stereocenters. The first kappa shape index (κ1) is 18.0. The second kappa shape index (κ2) is 9.04. The molecule has 2 aromatic rings. The van der Waals surface area contributed by atoms with Crippen molar-refractivity contribution in [2.45, 2.75) is 38.4 Å². The summed E-state index contributed by atoms with van der Waals surface area (Å²) >= 11 is 0. The van der Waals surface area contributed by atoms with Gasteiger partial charge in [0.05, 0.1) is 11.9 Å². The molecule has 3 rings (SSSR count). The van der Waals surface area contributed by atoms with Crippen molar-refractivity contribution in [3.63, 3.8) is 0 Å². The highest BCUT2D eigenvalue weighted by Crippen LogP contribution is 2.17. The molecule has 5 heteroatoms. The number of hydrogen-bond acceptors (Lipinski definition) is 4. The van der Waals surface area contributed by atoms with Crippen molar-refractivity contribution < 1.29 is 4.39 Å². The maximum atomic E-state index is 13.1. The van der Waals surface area contributed by atoms with Crippen LogP contribution in [0.4, 0.5) is 4.39 Å². The number of nitrogens with one attached hydrogen (secondary N) is 1. The largest absolute Gasteiger partial charge is 0.330 e. The summed E-state index contributed by atoms with van der Waals surface area (Å²) in [6.45, 7) is 4.32. The zero-order valence-corrected chi connectivity index (χ0v) is 14.6. The van der Waals surface area contributed by atoms with Gasteiger partial charge in [-0.3, -0.25) is 9.88 Å². The second-order valence-electron chi connectivity index (χ2n) is 6.75. The molecule has 0 radical (unpaired) electrons.